The van der Waals surface area contributed by atoms with Crippen molar-refractivity contribution in [2.75, 3.05) is 46.5 Å². The molecule has 0 spiro atoms. The zero-order valence-electron chi connectivity index (χ0n) is 19.1. The van der Waals surface area contributed by atoms with Gasteiger partial charge in [0.2, 0.25) is 0 Å². The molecule has 1 aliphatic rings. The first-order chi connectivity index (χ1) is 16.1. The number of ether oxygens (including phenoxy) is 2. The average Bonchev–Trinajstić information content (AvgIpc) is 3.20. The van der Waals surface area contributed by atoms with Crippen LogP contribution in [0.4, 0.5) is 0 Å². The van der Waals surface area contributed by atoms with E-state index in [0.29, 0.717) is 17.1 Å². The summed E-state index contributed by atoms with van der Waals surface area (Å²) < 4.78 is 12.8. The van der Waals surface area contributed by atoms with Gasteiger partial charge >= 0.3 is 0 Å². The number of nitrogens with zero attached hydrogens (tertiary/aromatic N) is 2. The molecule has 1 amide bonds. The van der Waals surface area contributed by atoms with E-state index in [-0.39, 0.29) is 5.91 Å². The molecule has 174 valence electrons. The molecule has 0 saturated carbocycles. The van der Waals surface area contributed by atoms with Gasteiger partial charge in [-0.2, -0.15) is 0 Å². The van der Waals surface area contributed by atoms with E-state index >= 15 is 0 Å². The van der Waals surface area contributed by atoms with Crippen LogP contribution in [0, 0.1) is 6.92 Å². The molecule has 0 atom stereocenters. The van der Waals surface area contributed by atoms with E-state index in [4.69, 9.17) is 21.1 Å². The van der Waals surface area contributed by atoms with Gasteiger partial charge in [-0.25, -0.2) is 0 Å². The van der Waals surface area contributed by atoms with Gasteiger partial charge in [0.15, 0.2) is 0 Å². The lowest BCUT2D eigenvalue weighted by atomic mass is 10.1. The summed E-state index contributed by atoms with van der Waals surface area (Å²) in [5.41, 5.74) is 4.44. The number of carbonyl (C=O) groups excluding carboxylic acids is 1. The Labute approximate surface area is 200 Å². The Hall–Kier alpha value is -2.80. The third-order valence-electron chi connectivity index (χ3n) is 6.00. The van der Waals surface area contributed by atoms with Gasteiger partial charge in [-0.1, -0.05) is 23.7 Å². The van der Waals surface area contributed by atoms with Crippen LogP contribution in [0.2, 0.25) is 5.02 Å². The molecule has 0 aliphatic carbocycles. The van der Waals surface area contributed by atoms with Crippen molar-refractivity contribution in [3.05, 3.63) is 70.9 Å². The van der Waals surface area contributed by atoms with Gasteiger partial charge in [0.05, 0.1) is 31.6 Å². The summed E-state index contributed by atoms with van der Waals surface area (Å²) in [7, 11) is 1.65. The van der Waals surface area contributed by atoms with Crippen LogP contribution in [-0.4, -0.2) is 61.9 Å². The van der Waals surface area contributed by atoms with Crippen LogP contribution in [0.15, 0.2) is 54.6 Å². The van der Waals surface area contributed by atoms with Gasteiger partial charge in [0.1, 0.15) is 5.75 Å². The Morgan fingerprint density at radius 1 is 1.09 bits per heavy atom. The topological polar surface area (TPSA) is 55.7 Å². The molecular weight excluding hydrogens is 438 g/mol. The van der Waals surface area contributed by atoms with Crippen LogP contribution < -0.4 is 10.1 Å². The number of nitrogens with one attached hydrogen (secondary N) is 1. The maximum Gasteiger partial charge on any atom is 0.253 e. The zero-order valence-corrected chi connectivity index (χ0v) is 19.9. The fourth-order valence-corrected chi connectivity index (χ4v) is 4.28. The van der Waals surface area contributed by atoms with Crippen molar-refractivity contribution in [1.82, 2.24) is 14.8 Å². The van der Waals surface area contributed by atoms with Crippen molar-refractivity contribution in [1.29, 1.82) is 0 Å². The molecular formula is C26H30ClN3O3. The van der Waals surface area contributed by atoms with Gasteiger partial charge in [0.25, 0.3) is 5.91 Å². The Bertz CT molecular complexity index is 1070. The third-order valence-corrected chi connectivity index (χ3v) is 6.25. The highest BCUT2D eigenvalue weighted by Gasteiger charge is 2.20. The lowest BCUT2D eigenvalue weighted by molar-refractivity contribution is 0.0374. The van der Waals surface area contributed by atoms with Crippen molar-refractivity contribution >= 4 is 17.5 Å². The molecule has 7 heteroatoms. The monoisotopic (exact) mass is 467 g/mol. The lowest BCUT2D eigenvalue weighted by Gasteiger charge is -2.26. The number of carbonyl (C=O) groups is 1. The second-order valence-corrected chi connectivity index (χ2v) is 8.57. The van der Waals surface area contributed by atoms with E-state index in [9.17, 15) is 4.79 Å². The minimum Gasteiger partial charge on any atom is -0.497 e. The summed E-state index contributed by atoms with van der Waals surface area (Å²) in [5.74, 6) is 0.729. The molecule has 6 nitrogen and oxygen atoms in total. The van der Waals surface area contributed by atoms with Crippen LogP contribution in [0.3, 0.4) is 0 Å². The molecule has 1 aliphatic heterocycles. The Morgan fingerprint density at radius 2 is 1.79 bits per heavy atom. The molecule has 1 fully saturated rings. The lowest BCUT2D eigenvalue weighted by Crippen LogP contribution is -2.38. The van der Waals surface area contributed by atoms with Gasteiger partial charge < -0.3 is 19.4 Å². The molecule has 2 aromatic carbocycles. The minimum absolute atomic E-state index is 0.0584. The average molecular weight is 468 g/mol. The summed E-state index contributed by atoms with van der Waals surface area (Å²) in [6, 6.07) is 17.5. The number of amides is 1. The maximum absolute atomic E-state index is 13.1. The highest BCUT2D eigenvalue weighted by Crippen LogP contribution is 2.31. The number of benzene rings is 2. The van der Waals surface area contributed by atoms with Crippen molar-refractivity contribution < 1.29 is 14.3 Å². The van der Waals surface area contributed by atoms with Crippen molar-refractivity contribution in [3.8, 4) is 22.7 Å². The van der Waals surface area contributed by atoms with Crippen LogP contribution in [0.5, 0.6) is 5.75 Å². The molecule has 2 heterocycles. The molecule has 1 saturated heterocycles. The molecule has 1 aromatic heterocycles. The number of hydrogen-bond acceptors (Lipinski definition) is 4. The Kier molecular flexibility index (Phi) is 7.70. The number of morpholine rings is 1. The van der Waals surface area contributed by atoms with Crippen LogP contribution in [-0.2, 0) is 4.74 Å². The summed E-state index contributed by atoms with van der Waals surface area (Å²) in [4.78, 5) is 15.5. The van der Waals surface area contributed by atoms with Crippen LogP contribution >= 0.6 is 11.6 Å². The first kappa shape index (κ1) is 23.4. The Balaban J connectivity index is 1.55. The highest BCUT2D eigenvalue weighted by molar-refractivity contribution is 6.30. The number of aromatic nitrogens is 1. The fourth-order valence-electron chi connectivity index (χ4n) is 4.16. The number of rotatable bonds is 8. The molecule has 3 aromatic rings. The largest absolute Gasteiger partial charge is 0.497 e. The summed E-state index contributed by atoms with van der Waals surface area (Å²) >= 11 is 6.11. The zero-order chi connectivity index (χ0) is 23.2. The first-order valence-electron chi connectivity index (χ1n) is 11.3. The maximum atomic E-state index is 13.1. The quantitative estimate of drug-likeness (QED) is 0.493. The highest BCUT2D eigenvalue weighted by atomic mass is 35.5. The van der Waals surface area contributed by atoms with Crippen molar-refractivity contribution in [2.24, 2.45) is 0 Å². The molecule has 0 radical (unpaired) electrons. The smallest absolute Gasteiger partial charge is 0.253 e. The fraction of sp³-hybridized carbons (Fsp3) is 0.346. The number of hydrogen-bond donors (Lipinski definition) is 1. The van der Waals surface area contributed by atoms with Crippen molar-refractivity contribution in [2.45, 2.75) is 13.3 Å². The predicted molar refractivity (Wildman–Crippen MR) is 132 cm³/mol. The van der Waals surface area contributed by atoms with E-state index in [2.05, 4.69) is 14.8 Å². The second-order valence-electron chi connectivity index (χ2n) is 8.13. The van der Waals surface area contributed by atoms with Gasteiger partial charge in [0, 0.05) is 36.0 Å². The Morgan fingerprint density at radius 3 is 2.45 bits per heavy atom. The van der Waals surface area contributed by atoms with Gasteiger partial charge in [-0.05, 0) is 67.9 Å². The number of methoxy groups -OCH3 is 1. The van der Waals surface area contributed by atoms with Gasteiger partial charge in [-0.3, -0.25) is 9.69 Å². The van der Waals surface area contributed by atoms with Gasteiger partial charge in [-0.15, -0.1) is 0 Å². The van der Waals surface area contributed by atoms with E-state index in [1.165, 1.54) is 0 Å². The first-order valence-corrected chi connectivity index (χ1v) is 11.7. The molecule has 33 heavy (non-hydrogen) atoms. The van der Waals surface area contributed by atoms with E-state index in [1.807, 2.05) is 61.5 Å². The van der Waals surface area contributed by atoms with E-state index in [0.717, 1.165) is 67.7 Å². The normalized spacial score (nSPS) is 14.3. The predicted octanol–water partition coefficient (Wildman–Crippen LogP) is 4.57. The van der Waals surface area contributed by atoms with Crippen LogP contribution in [0.25, 0.3) is 16.9 Å². The van der Waals surface area contributed by atoms with Crippen molar-refractivity contribution in [3.63, 3.8) is 0 Å². The third kappa shape index (κ3) is 5.58. The van der Waals surface area contributed by atoms with Crippen LogP contribution in [0.1, 0.15) is 22.5 Å². The van der Waals surface area contributed by atoms with E-state index < -0.39 is 0 Å². The molecule has 1 N–H and O–H groups in total. The summed E-state index contributed by atoms with van der Waals surface area (Å²) in [5, 5.41) is 3.78. The SMILES string of the molecule is COc1ccc(-n2c(-c3ccc(Cl)cc3)cc(C(=O)NCCCN3CCOCC3)c2C)cc1. The summed E-state index contributed by atoms with van der Waals surface area (Å²) in [6.45, 7) is 7.08. The molecule has 4 rings (SSSR count). The molecule has 0 unspecified atom stereocenters. The molecule has 0 bridgehead atoms. The van der Waals surface area contributed by atoms with E-state index in [1.54, 1.807) is 7.11 Å². The summed E-state index contributed by atoms with van der Waals surface area (Å²) in [6.07, 6.45) is 0.911. The standard InChI is InChI=1S/C26H30ClN3O3/c1-19-24(26(31)28-12-3-13-29-14-16-33-17-15-29)18-25(20-4-6-21(27)7-5-20)30(19)22-8-10-23(32-2)11-9-22/h4-11,18H,3,12-17H2,1-2H3,(H,28,31). The minimum atomic E-state index is -0.0584. The number of halogens is 1. The second kappa shape index (κ2) is 10.9.